The zero-order valence-electron chi connectivity index (χ0n) is 39.6. The van der Waals surface area contributed by atoms with Crippen molar-refractivity contribution in [2.75, 3.05) is 9.80 Å². The van der Waals surface area contributed by atoms with Gasteiger partial charge in [-0.25, -0.2) is 0 Å². The van der Waals surface area contributed by atoms with Crippen molar-refractivity contribution >= 4 is 34.1 Å². The zero-order valence-corrected chi connectivity index (χ0v) is 39.6. The molecule has 0 saturated heterocycles. The van der Waals surface area contributed by atoms with E-state index in [1.165, 1.54) is 89.0 Å². The van der Waals surface area contributed by atoms with Crippen LogP contribution in [0.3, 0.4) is 0 Å². The first-order valence-corrected chi connectivity index (χ1v) is 24.7. The van der Waals surface area contributed by atoms with Crippen LogP contribution >= 0.6 is 0 Å². The van der Waals surface area contributed by atoms with Crippen molar-refractivity contribution in [2.45, 2.75) is 19.3 Å². The second kappa shape index (κ2) is 16.1. The van der Waals surface area contributed by atoms with Gasteiger partial charge >= 0.3 is 0 Å². The van der Waals surface area contributed by atoms with E-state index in [0.717, 1.165) is 45.3 Å². The fourth-order valence-electron chi connectivity index (χ4n) is 11.9. The van der Waals surface area contributed by atoms with Crippen molar-refractivity contribution in [3.05, 3.63) is 266 Å². The summed E-state index contributed by atoms with van der Waals surface area (Å²) in [4.78, 5) is 4.96. The van der Waals surface area contributed by atoms with E-state index < -0.39 is 0 Å². The van der Waals surface area contributed by atoms with Gasteiger partial charge in [-0.3, -0.25) is 0 Å². The van der Waals surface area contributed by atoms with E-state index in [0.29, 0.717) is 0 Å². The van der Waals surface area contributed by atoms with Gasteiger partial charge in [0.2, 0.25) is 0 Å². The molecule has 0 atom stereocenters. The van der Waals surface area contributed by atoms with Crippen molar-refractivity contribution in [3.63, 3.8) is 0 Å². The molecule has 334 valence electrons. The molecule has 2 heterocycles. The number of hydrogen-bond acceptors (Lipinski definition) is 2. The molecule has 14 rings (SSSR count). The molecule has 0 saturated carbocycles. The van der Waals surface area contributed by atoms with Gasteiger partial charge < -0.3 is 9.80 Å². The first-order chi connectivity index (χ1) is 35.0. The van der Waals surface area contributed by atoms with Crippen LogP contribution in [0.5, 0.6) is 0 Å². The van der Waals surface area contributed by atoms with E-state index in [2.05, 4.69) is 278 Å². The average molecular weight is 905 g/mol. The van der Waals surface area contributed by atoms with E-state index in [-0.39, 0.29) is 5.41 Å². The molecule has 2 heteroatoms. The van der Waals surface area contributed by atoms with Gasteiger partial charge in [0.15, 0.2) is 0 Å². The van der Waals surface area contributed by atoms with Gasteiger partial charge in [-0.15, -0.1) is 0 Å². The Hall–Kier alpha value is -8.98. The number of para-hydroxylation sites is 2. The summed E-state index contributed by atoms with van der Waals surface area (Å²) in [5.41, 5.74) is 29.0. The van der Waals surface area contributed by atoms with Crippen molar-refractivity contribution in [1.82, 2.24) is 0 Å². The number of rotatable bonds is 5. The maximum absolute atomic E-state index is 2.50. The summed E-state index contributed by atoms with van der Waals surface area (Å²) in [6.07, 6.45) is 0. The Labute approximate surface area is 416 Å². The van der Waals surface area contributed by atoms with Gasteiger partial charge in [0.25, 0.3) is 0 Å². The standard InChI is InChI=1S/C69H48N2/c1-69(2)63-31-13-10-28-57(63)58-37-34-49(43-64(58)69)47-21-17-23-52(41-47)71-66-33-15-12-29-59(66)53-24-6-7-25-54(53)61-38-35-50(44-68(61)71)48-36-39-67-62(42-48)56-27-9-8-26-55(56)60-30-11-14-32-65(60)70(67)51-22-16-20-46(40-51)45-18-4-3-5-19-45/h3-44H,1-2H3. The predicted octanol–water partition coefficient (Wildman–Crippen LogP) is 19.2. The number of anilines is 6. The Morgan fingerprint density at radius 3 is 1.25 bits per heavy atom. The molecule has 0 aromatic heterocycles. The second-order valence-corrected chi connectivity index (χ2v) is 19.7. The molecule has 0 bridgehead atoms. The van der Waals surface area contributed by atoms with Gasteiger partial charge in [0, 0.05) is 39.0 Å². The summed E-state index contributed by atoms with van der Waals surface area (Å²) >= 11 is 0. The lowest BCUT2D eigenvalue weighted by molar-refractivity contribution is 0.660. The average Bonchev–Trinajstić information content (AvgIpc) is 3.51. The largest absolute Gasteiger partial charge is 0.309 e. The summed E-state index contributed by atoms with van der Waals surface area (Å²) in [6, 6.07) is 94.6. The van der Waals surface area contributed by atoms with Crippen LogP contribution in [0.15, 0.2) is 255 Å². The predicted molar refractivity (Wildman–Crippen MR) is 299 cm³/mol. The lowest BCUT2D eigenvalue weighted by Crippen LogP contribution is -2.14. The first kappa shape index (κ1) is 41.0. The minimum Gasteiger partial charge on any atom is -0.309 e. The van der Waals surface area contributed by atoms with Crippen LogP contribution in [0.1, 0.15) is 25.0 Å². The monoisotopic (exact) mass is 904 g/mol. The Balaban J connectivity index is 0.942. The molecule has 11 aromatic carbocycles. The fourth-order valence-corrected chi connectivity index (χ4v) is 11.9. The normalized spacial score (nSPS) is 13.3. The highest BCUT2D eigenvalue weighted by molar-refractivity contribution is 6.06. The molecule has 11 aromatic rings. The lowest BCUT2D eigenvalue weighted by Gasteiger charge is -2.29. The van der Waals surface area contributed by atoms with Crippen molar-refractivity contribution in [1.29, 1.82) is 0 Å². The van der Waals surface area contributed by atoms with E-state index in [4.69, 9.17) is 0 Å². The fraction of sp³-hybridized carbons (Fsp3) is 0.0435. The molecule has 0 unspecified atom stereocenters. The molecule has 71 heavy (non-hydrogen) atoms. The summed E-state index contributed by atoms with van der Waals surface area (Å²) in [5, 5.41) is 0. The summed E-state index contributed by atoms with van der Waals surface area (Å²) in [6.45, 7) is 4.72. The van der Waals surface area contributed by atoms with E-state index in [9.17, 15) is 0 Å². The highest BCUT2D eigenvalue weighted by atomic mass is 15.2. The minimum absolute atomic E-state index is 0.0853. The summed E-state index contributed by atoms with van der Waals surface area (Å²) < 4.78 is 0. The van der Waals surface area contributed by atoms with Gasteiger partial charge in [-0.1, -0.05) is 208 Å². The van der Waals surface area contributed by atoms with Gasteiger partial charge in [-0.2, -0.15) is 0 Å². The van der Waals surface area contributed by atoms with Crippen molar-refractivity contribution in [3.8, 4) is 89.0 Å². The molecule has 0 spiro atoms. The Bertz CT molecular complexity index is 3930. The van der Waals surface area contributed by atoms with Crippen molar-refractivity contribution in [2.24, 2.45) is 0 Å². The van der Waals surface area contributed by atoms with Crippen LogP contribution in [0.25, 0.3) is 89.0 Å². The maximum Gasteiger partial charge on any atom is 0.0546 e. The van der Waals surface area contributed by atoms with Gasteiger partial charge in [0.05, 0.1) is 22.7 Å². The highest BCUT2D eigenvalue weighted by Gasteiger charge is 2.36. The maximum atomic E-state index is 2.50. The molecule has 0 fully saturated rings. The third-order valence-electron chi connectivity index (χ3n) is 15.3. The van der Waals surface area contributed by atoms with Crippen LogP contribution in [0, 0.1) is 0 Å². The number of nitrogens with zero attached hydrogens (tertiary/aromatic N) is 2. The Kier molecular flexibility index (Phi) is 9.28. The van der Waals surface area contributed by atoms with Crippen LogP contribution in [-0.4, -0.2) is 0 Å². The highest BCUT2D eigenvalue weighted by Crippen LogP contribution is 2.55. The summed E-state index contributed by atoms with van der Waals surface area (Å²) in [7, 11) is 0. The third-order valence-corrected chi connectivity index (χ3v) is 15.3. The molecular weight excluding hydrogens is 857 g/mol. The van der Waals surface area contributed by atoms with Gasteiger partial charge in [0.1, 0.15) is 0 Å². The number of fused-ring (bicyclic) bond motifs is 13. The molecule has 0 N–H and O–H groups in total. The number of benzene rings is 11. The van der Waals surface area contributed by atoms with Crippen molar-refractivity contribution < 1.29 is 0 Å². The zero-order chi connectivity index (χ0) is 47.2. The Morgan fingerprint density at radius 1 is 0.225 bits per heavy atom. The van der Waals surface area contributed by atoms with Gasteiger partial charge in [-0.05, 0) is 139 Å². The molecule has 2 nitrogen and oxygen atoms in total. The quantitative estimate of drug-likeness (QED) is 0.170. The molecule has 3 aliphatic rings. The topological polar surface area (TPSA) is 6.48 Å². The first-order valence-electron chi connectivity index (χ1n) is 24.7. The van der Waals surface area contributed by atoms with Crippen LogP contribution < -0.4 is 9.80 Å². The Morgan fingerprint density at radius 2 is 0.620 bits per heavy atom. The molecule has 2 aliphatic heterocycles. The molecule has 0 amide bonds. The molecule has 0 radical (unpaired) electrons. The van der Waals surface area contributed by atoms with Crippen LogP contribution in [-0.2, 0) is 5.41 Å². The lowest BCUT2D eigenvalue weighted by atomic mass is 9.81. The van der Waals surface area contributed by atoms with E-state index >= 15 is 0 Å². The van der Waals surface area contributed by atoms with E-state index in [1.807, 2.05) is 0 Å². The SMILES string of the molecule is CC1(C)c2ccccc2-c2ccc(-c3cccc(N4c5ccccc5-c5ccccc5-c5ccc(-c6ccc7c(c6)-c6ccccc6-c6ccccc6N7c6cccc(-c7ccccc7)c6)cc54)c3)cc21. The minimum atomic E-state index is -0.0853. The molecule has 1 aliphatic carbocycles. The molecular formula is C69H48N2. The summed E-state index contributed by atoms with van der Waals surface area (Å²) in [5.74, 6) is 0. The van der Waals surface area contributed by atoms with E-state index in [1.54, 1.807) is 0 Å². The van der Waals surface area contributed by atoms with Crippen LogP contribution in [0.4, 0.5) is 34.1 Å². The van der Waals surface area contributed by atoms with Crippen LogP contribution in [0.2, 0.25) is 0 Å². The second-order valence-electron chi connectivity index (χ2n) is 19.7. The number of hydrogen-bond donors (Lipinski definition) is 0. The smallest absolute Gasteiger partial charge is 0.0546 e. The third kappa shape index (κ3) is 6.49.